The number of rotatable bonds is 4. The predicted molar refractivity (Wildman–Crippen MR) is 99.9 cm³/mol. The van der Waals surface area contributed by atoms with Gasteiger partial charge in [0.25, 0.3) is 5.91 Å². The molecule has 9 heteroatoms. The van der Waals surface area contributed by atoms with Gasteiger partial charge in [-0.15, -0.1) is 12.4 Å². The largest absolute Gasteiger partial charge is 0.321 e. The molecule has 3 heterocycles. The summed E-state index contributed by atoms with van der Waals surface area (Å²) in [5.41, 5.74) is 1.95. The lowest BCUT2D eigenvalue weighted by Gasteiger charge is -2.22. The highest BCUT2D eigenvalue weighted by Gasteiger charge is 2.17. The Balaban J connectivity index is 0.00000196. The van der Waals surface area contributed by atoms with E-state index < -0.39 is 0 Å². The number of amides is 1. The Hall–Kier alpha value is -2.71. The first-order valence-electron chi connectivity index (χ1n) is 8.33. The lowest BCUT2D eigenvalue weighted by Crippen LogP contribution is -2.32. The summed E-state index contributed by atoms with van der Waals surface area (Å²) in [7, 11) is 0. The molecule has 1 fully saturated rings. The summed E-state index contributed by atoms with van der Waals surface area (Å²) in [6.45, 7) is 1.95. The third-order valence-electron chi connectivity index (χ3n) is 4.26. The first-order valence-corrected chi connectivity index (χ1v) is 8.33. The van der Waals surface area contributed by atoms with Gasteiger partial charge in [-0.3, -0.25) is 9.48 Å². The molecule has 2 aromatic heterocycles. The molecule has 2 N–H and O–H groups in total. The average molecular weight is 374 g/mol. The molecule has 1 aliphatic heterocycles. The van der Waals surface area contributed by atoms with Crippen LogP contribution >= 0.6 is 12.4 Å². The van der Waals surface area contributed by atoms with Crippen molar-refractivity contribution in [3.8, 4) is 5.69 Å². The number of piperidine rings is 1. The van der Waals surface area contributed by atoms with Crippen molar-refractivity contribution in [3.63, 3.8) is 0 Å². The lowest BCUT2D eigenvalue weighted by atomic mass is 10.1. The standard InChI is InChI=1S/C17H19N7O.ClH/c25-17(16-7-11-23(22-16)15-2-1-8-18-12-15)21-13-3-5-14(6-4-13)24-19-9-10-20-24;/h3-7,9-11,15,18H,1-2,8,12H2,(H,21,25);1H. The highest BCUT2D eigenvalue weighted by molar-refractivity contribution is 6.02. The van der Waals surface area contributed by atoms with Gasteiger partial charge >= 0.3 is 0 Å². The molecule has 0 spiro atoms. The Labute approximate surface area is 157 Å². The van der Waals surface area contributed by atoms with E-state index in [2.05, 4.69) is 25.9 Å². The topological polar surface area (TPSA) is 89.7 Å². The van der Waals surface area contributed by atoms with Gasteiger partial charge in [0, 0.05) is 18.4 Å². The van der Waals surface area contributed by atoms with Gasteiger partial charge in [0.1, 0.15) is 0 Å². The van der Waals surface area contributed by atoms with Crippen LogP contribution in [0.25, 0.3) is 5.69 Å². The Bertz CT molecular complexity index is 838. The van der Waals surface area contributed by atoms with Gasteiger partial charge in [0.2, 0.25) is 0 Å². The summed E-state index contributed by atoms with van der Waals surface area (Å²) >= 11 is 0. The molecule has 0 aliphatic carbocycles. The number of nitrogens with zero attached hydrogens (tertiary/aromatic N) is 5. The number of benzene rings is 1. The van der Waals surface area contributed by atoms with Crippen molar-refractivity contribution < 1.29 is 4.79 Å². The fraction of sp³-hybridized carbons (Fsp3) is 0.294. The fourth-order valence-corrected chi connectivity index (χ4v) is 2.94. The van der Waals surface area contributed by atoms with Gasteiger partial charge in [0.05, 0.1) is 24.1 Å². The Morgan fingerprint density at radius 1 is 1.15 bits per heavy atom. The summed E-state index contributed by atoms with van der Waals surface area (Å²) in [6.07, 6.45) is 7.32. The third kappa shape index (κ3) is 3.92. The molecule has 3 aromatic rings. The van der Waals surface area contributed by atoms with Crippen LogP contribution in [0.4, 0.5) is 5.69 Å². The SMILES string of the molecule is Cl.O=C(Nc1ccc(-n2nccn2)cc1)c1ccn(C2CCCNC2)n1. The van der Waals surface area contributed by atoms with Gasteiger partial charge in [-0.2, -0.15) is 20.1 Å². The molecule has 26 heavy (non-hydrogen) atoms. The maximum absolute atomic E-state index is 12.4. The second-order valence-corrected chi connectivity index (χ2v) is 6.00. The van der Waals surface area contributed by atoms with Crippen molar-refractivity contribution in [2.24, 2.45) is 0 Å². The molecule has 1 aliphatic rings. The van der Waals surface area contributed by atoms with Gasteiger partial charge in [-0.1, -0.05) is 0 Å². The van der Waals surface area contributed by atoms with Crippen LogP contribution in [-0.4, -0.2) is 43.8 Å². The number of aromatic nitrogens is 5. The molecule has 0 saturated carbocycles. The number of anilines is 1. The third-order valence-corrected chi connectivity index (χ3v) is 4.26. The zero-order valence-electron chi connectivity index (χ0n) is 14.1. The molecule has 8 nitrogen and oxygen atoms in total. The van der Waals surface area contributed by atoms with E-state index in [1.807, 2.05) is 35.1 Å². The molecule has 1 aromatic carbocycles. The number of nitrogens with one attached hydrogen (secondary N) is 2. The van der Waals surface area contributed by atoms with E-state index in [-0.39, 0.29) is 18.3 Å². The van der Waals surface area contributed by atoms with Crippen LogP contribution in [0.3, 0.4) is 0 Å². The second kappa shape index (κ2) is 8.11. The Morgan fingerprint density at radius 2 is 1.92 bits per heavy atom. The summed E-state index contributed by atoms with van der Waals surface area (Å²) < 4.78 is 1.88. The maximum Gasteiger partial charge on any atom is 0.276 e. The summed E-state index contributed by atoms with van der Waals surface area (Å²) in [6, 6.07) is 9.41. The van der Waals surface area contributed by atoms with Gasteiger partial charge in [0.15, 0.2) is 5.69 Å². The lowest BCUT2D eigenvalue weighted by molar-refractivity contribution is 0.102. The van der Waals surface area contributed by atoms with Gasteiger partial charge in [-0.25, -0.2) is 0 Å². The normalized spacial score (nSPS) is 16.7. The van der Waals surface area contributed by atoms with E-state index in [0.717, 1.165) is 31.6 Å². The monoisotopic (exact) mass is 373 g/mol. The molecular weight excluding hydrogens is 354 g/mol. The molecule has 4 rings (SSSR count). The van der Waals surface area contributed by atoms with Crippen LogP contribution in [0.5, 0.6) is 0 Å². The summed E-state index contributed by atoms with van der Waals surface area (Å²) in [5.74, 6) is -0.215. The van der Waals surface area contributed by atoms with Crippen molar-refractivity contribution in [2.75, 3.05) is 18.4 Å². The zero-order valence-corrected chi connectivity index (χ0v) is 14.9. The smallest absolute Gasteiger partial charge is 0.276 e. The molecule has 1 atom stereocenters. The van der Waals surface area contributed by atoms with Crippen LogP contribution in [0.15, 0.2) is 48.9 Å². The quantitative estimate of drug-likeness (QED) is 0.730. The molecule has 1 unspecified atom stereocenters. The van der Waals surface area contributed by atoms with Crippen molar-refractivity contribution in [3.05, 3.63) is 54.6 Å². The highest BCUT2D eigenvalue weighted by atomic mass is 35.5. The number of hydrogen-bond donors (Lipinski definition) is 2. The van der Waals surface area contributed by atoms with E-state index >= 15 is 0 Å². The summed E-state index contributed by atoms with van der Waals surface area (Å²) in [4.78, 5) is 13.9. The Kier molecular flexibility index (Phi) is 5.65. The first kappa shape index (κ1) is 18.1. The van der Waals surface area contributed by atoms with Crippen molar-refractivity contribution in [1.29, 1.82) is 0 Å². The molecule has 0 bridgehead atoms. The number of hydrogen-bond acceptors (Lipinski definition) is 5. The van der Waals surface area contributed by atoms with Gasteiger partial charge < -0.3 is 10.6 Å². The van der Waals surface area contributed by atoms with Gasteiger partial charge in [-0.05, 0) is 49.7 Å². The number of carbonyl (C=O) groups excluding carboxylic acids is 1. The molecule has 1 amide bonds. The van der Waals surface area contributed by atoms with E-state index in [0.29, 0.717) is 17.4 Å². The minimum atomic E-state index is -0.215. The van der Waals surface area contributed by atoms with Crippen LogP contribution < -0.4 is 10.6 Å². The van der Waals surface area contributed by atoms with E-state index in [1.54, 1.807) is 18.5 Å². The highest BCUT2D eigenvalue weighted by Crippen LogP contribution is 2.17. The molecular formula is C17H20ClN7O. The van der Waals surface area contributed by atoms with Crippen molar-refractivity contribution in [2.45, 2.75) is 18.9 Å². The Morgan fingerprint density at radius 3 is 2.62 bits per heavy atom. The zero-order chi connectivity index (χ0) is 17.1. The van der Waals surface area contributed by atoms with Crippen LogP contribution in [0.1, 0.15) is 29.4 Å². The molecule has 1 saturated heterocycles. The van der Waals surface area contributed by atoms with Crippen LogP contribution in [0.2, 0.25) is 0 Å². The average Bonchev–Trinajstić information content (AvgIpc) is 3.35. The molecule has 136 valence electrons. The molecule has 0 radical (unpaired) electrons. The van der Waals surface area contributed by atoms with E-state index in [1.165, 1.54) is 4.80 Å². The minimum absolute atomic E-state index is 0. The second-order valence-electron chi connectivity index (χ2n) is 6.00. The predicted octanol–water partition coefficient (Wildman–Crippen LogP) is 2.06. The van der Waals surface area contributed by atoms with E-state index in [9.17, 15) is 4.79 Å². The number of carbonyl (C=O) groups is 1. The minimum Gasteiger partial charge on any atom is -0.321 e. The maximum atomic E-state index is 12.4. The number of halogens is 1. The van der Waals surface area contributed by atoms with Crippen molar-refractivity contribution in [1.82, 2.24) is 30.1 Å². The van der Waals surface area contributed by atoms with Crippen LogP contribution in [-0.2, 0) is 0 Å². The summed E-state index contributed by atoms with van der Waals surface area (Å²) in [5, 5.41) is 18.8. The fourth-order valence-electron chi connectivity index (χ4n) is 2.94. The first-order chi connectivity index (χ1) is 12.3. The van der Waals surface area contributed by atoms with Crippen molar-refractivity contribution >= 4 is 24.0 Å². The van der Waals surface area contributed by atoms with E-state index in [4.69, 9.17) is 0 Å². The van der Waals surface area contributed by atoms with Crippen LogP contribution in [0, 0.1) is 0 Å².